The number of carbonyl (C=O) groups excluding carboxylic acids is 1. The average Bonchev–Trinajstić information content (AvgIpc) is 2.81. The van der Waals surface area contributed by atoms with E-state index in [0.29, 0.717) is 0 Å². The van der Waals surface area contributed by atoms with Crippen molar-refractivity contribution < 1.29 is 53.0 Å². The van der Waals surface area contributed by atoms with Gasteiger partial charge in [0.05, 0.1) is 24.0 Å². The highest BCUT2D eigenvalue weighted by molar-refractivity contribution is 6.22. The van der Waals surface area contributed by atoms with Gasteiger partial charge in [0.15, 0.2) is 28.8 Å². The molecule has 5 rings (SSSR count). The van der Waals surface area contributed by atoms with E-state index in [1.807, 2.05) is 0 Å². The number of aliphatic hydroxyl groups is 2. The summed E-state index contributed by atoms with van der Waals surface area (Å²) in [4.78, 5) is 36.9. The molecule has 0 radical (unpaired) electrons. The van der Waals surface area contributed by atoms with Crippen LogP contribution in [-0.4, -0.2) is 64.2 Å². The number of esters is 1. The van der Waals surface area contributed by atoms with Gasteiger partial charge in [-0.25, -0.2) is 9.59 Å². The zero-order valence-corrected chi connectivity index (χ0v) is 19.0. The molecule has 5 atom stereocenters. The first-order valence-corrected chi connectivity index (χ1v) is 10.7. The fraction of sp³-hybridized carbons (Fsp3) is 0.348. The number of phenolic OH excluding ortho intramolecular Hbond substituents is 2. The quantitative estimate of drug-likeness (QED) is 0.172. The van der Waals surface area contributed by atoms with Crippen molar-refractivity contribution in [3.05, 3.63) is 33.0 Å². The van der Waals surface area contributed by atoms with Crippen molar-refractivity contribution in [2.24, 2.45) is 0 Å². The first-order chi connectivity index (χ1) is 17.0. The van der Waals surface area contributed by atoms with Crippen molar-refractivity contribution >= 4 is 38.7 Å². The van der Waals surface area contributed by atoms with Gasteiger partial charge in [0.1, 0.15) is 12.2 Å². The summed E-state index contributed by atoms with van der Waals surface area (Å²) in [6.45, 7) is 2.59. The number of aromatic hydroxyl groups is 2. The van der Waals surface area contributed by atoms with Crippen molar-refractivity contribution in [1.29, 1.82) is 0 Å². The van der Waals surface area contributed by atoms with E-state index < -0.39 is 65.2 Å². The van der Waals surface area contributed by atoms with E-state index in [1.165, 1.54) is 14.0 Å². The maximum atomic E-state index is 12.8. The Balaban J connectivity index is 1.71. The lowest BCUT2D eigenvalue weighted by Gasteiger charge is -2.40. The van der Waals surface area contributed by atoms with Crippen LogP contribution in [0.15, 0.2) is 30.6 Å². The fourth-order valence-corrected chi connectivity index (χ4v) is 4.45. The van der Waals surface area contributed by atoms with E-state index in [4.69, 9.17) is 27.8 Å². The Hall–Kier alpha value is -4.07. The van der Waals surface area contributed by atoms with E-state index >= 15 is 0 Å². The van der Waals surface area contributed by atoms with Crippen LogP contribution in [0.3, 0.4) is 0 Å². The number of ether oxygens (including phenoxy) is 4. The second-order valence-electron chi connectivity index (χ2n) is 8.32. The number of benzene rings is 2. The summed E-state index contributed by atoms with van der Waals surface area (Å²) in [5.74, 6) is -2.51. The van der Waals surface area contributed by atoms with Gasteiger partial charge in [0, 0.05) is 17.7 Å². The number of phenols is 2. The van der Waals surface area contributed by atoms with Crippen LogP contribution in [0.1, 0.15) is 13.8 Å². The van der Waals surface area contributed by atoms with Gasteiger partial charge in [0.25, 0.3) is 0 Å². The van der Waals surface area contributed by atoms with Crippen molar-refractivity contribution in [2.75, 3.05) is 7.11 Å². The standard InChI is InChI=1S/C23H20O13/c1-6-16(33-7(2)24)14(27)15(28)23(32-6)36-18-11(26)5-9-13-12-8(22(30)35-20(13)18)4-10(25)17(31-3)19(12)34-21(9)29/h4-6,14-16,23,25-28H,1-3H3/t6-,14-,15+,16-,23-/m1/s1. The van der Waals surface area contributed by atoms with Crippen LogP contribution in [0.25, 0.3) is 32.7 Å². The van der Waals surface area contributed by atoms with Crippen LogP contribution in [0.5, 0.6) is 23.0 Å². The summed E-state index contributed by atoms with van der Waals surface area (Å²) >= 11 is 0. The SMILES string of the molecule is COc1c(O)cc2c(=O)oc3c(O[C@H]4O[C@H](C)[C@@H](OC(C)=O)[C@H](O)[C@@H]4O)c(O)cc4c(=O)oc1c2c34. The topological polar surface area (TPSA) is 195 Å². The highest BCUT2D eigenvalue weighted by atomic mass is 16.7. The van der Waals surface area contributed by atoms with Crippen molar-refractivity contribution in [3.8, 4) is 23.0 Å². The van der Waals surface area contributed by atoms with Crippen molar-refractivity contribution in [1.82, 2.24) is 0 Å². The Bertz CT molecular complexity index is 1620. The Morgan fingerprint density at radius 3 is 1.97 bits per heavy atom. The largest absolute Gasteiger partial charge is 0.504 e. The first-order valence-electron chi connectivity index (χ1n) is 10.7. The number of carbonyl (C=O) groups is 1. The minimum absolute atomic E-state index is 0.0126. The van der Waals surface area contributed by atoms with E-state index in [9.17, 15) is 34.8 Å². The molecule has 0 amide bonds. The molecule has 1 aliphatic heterocycles. The molecule has 0 spiro atoms. The van der Waals surface area contributed by atoms with Crippen molar-refractivity contribution in [2.45, 2.75) is 44.6 Å². The Labute approximate surface area is 199 Å². The second-order valence-corrected chi connectivity index (χ2v) is 8.32. The van der Waals surface area contributed by atoms with Gasteiger partial charge in [-0.3, -0.25) is 4.79 Å². The molecular formula is C23H20O13. The number of aliphatic hydroxyl groups excluding tert-OH is 2. The lowest BCUT2D eigenvalue weighted by atomic mass is 9.99. The van der Waals surface area contributed by atoms with Crippen LogP contribution >= 0.6 is 0 Å². The number of hydrogen-bond donors (Lipinski definition) is 4. The Morgan fingerprint density at radius 1 is 0.917 bits per heavy atom. The Morgan fingerprint density at radius 2 is 1.44 bits per heavy atom. The summed E-state index contributed by atoms with van der Waals surface area (Å²) in [7, 11) is 1.23. The summed E-state index contributed by atoms with van der Waals surface area (Å²) in [6.07, 6.45) is -7.11. The number of rotatable bonds is 4. The minimum Gasteiger partial charge on any atom is -0.504 e. The van der Waals surface area contributed by atoms with Crippen LogP contribution in [0.4, 0.5) is 0 Å². The molecule has 36 heavy (non-hydrogen) atoms. The molecule has 0 unspecified atom stereocenters. The van der Waals surface area contributed by atoms with Gasteiger partial charge < -0.3 is 48.2 Å². The summed E-state index contributed by atoms with van der Waals surface area (Å²) in [5, 5.41) is 41.7. The highest BCUT2D eigenvalue weighted by Gasteiger charge is 2.46. The molecule has 13 heteroatoms. The summed E-state index contributed by atoms with van der Waals surface area (Å²) in [5.41, 5.74) is -2.52. The number of hydrogen-bond acceptors (Lipinski definition) is 13. The maximum absolute atomic E-state index is 12.8. The van der Waals surface area contributed by atoms with Gasteiger partial charge >= 0.3 is 17.2 Å². The van der Waals surface area contributed by atoms with E-state index in [-0.39, 0.29) is 38.5 Å². The highest BCUT2D eigenvalue weighted by Crippen LogP contribution is 2.46. The molecule has 13 nitrogen and oxygen atoms in total. The molecule has 1 saturated heterocycles. The maximum Gasteiger partial charge on any atom is 0.344 e. The molecule has 4 aromatic rings. The van der Waals surface area contributed by atoms with Crippen LogP contribution in [0.2, 0.25) is 0 Å². The lowest BCUT2D eigenvalue weighted by molar-refractivity contribution is -0.272. The third-order valence-electron chi connectivity index (χ3n) is 6.03. The van der Waals surface area contributed by atoms with Crippen LogP contribution in [-0.2, 0) is 14.3 Å². The molecule has 3 heterocycles. The average molecular weight is 504 g/mol. The second kappa shape index (κ2) is 8.26. The first kappa shape index (κ1) is 23.7. The molecular weight excluding hydrogens is 484 g/mol. The van der Waals surface area contributed by atoms with Gasteiger partial charge in [-0.15, -0.1) is 0 Å². The molecule has 0 saturated carbocycles. The fourth-order valence-electron chi connectivity index (χ4n) is 4.45. The summed E-state index contributed by atoms with van der Waals surface area (Å²) in [6, 6.07) is 2.10. The molecule has 1 fully saturated rings. The van der Waals surface area contributed by atoms with Crippen LogP contribution < -0.4 is 20.7 Å². The minimum atomic E-state index is -1.75. The Kier molecular flexibility index (Phi) is 5.43. The van der Waals surface area contributed by atoms with Gasteiger partial charge in [0.2, 0.25) is 17.8 Å². The number of methoxy groups -OCH3 is 1. The third-order valence-corrected chi connectivity index (χ3v) is 6.03. The van der Waals surface area contributed by atoms with Gasteiger partial charge in [-0.05, 0) is 19.1 Å². The normalized spacial score (nSPS) is 24.4. The molecule has 4 N–H and O–H groups in total. The van der Waals surface area contributed by atoms with Gasteiger partial charge in [-0.1, -0.05) is 0 Å². The van der Waals surface area contributed by atoms with E-state index in [2.05, 4.69) is 0 Å². The molecule has 1 aliphatic rings. The third kappa shape index (κ3) is 3.39. The molecule has 190 valence electrons. The van der Waals surface area contributed by atoms with E-state index in [0.717, 1.165) is 19.1 Å². The smallest absolute Gasteiger partial charge is 0.344 e. The van der Waals surface area contributed by atoms with Gasteiger partial charge in [-0.2, -0.15) is 0 Å². The van der Waals surface area contributed by atoms with Crippen LogP contribution in [0, 0.1) is 0 Å². The molecule has 0 bridgehead atoms. The lowest BCUT2D eigenvalue weighted by Crippen LogP contribution is -2.59. The molecule has 2 aromatic heterocycles. The zero-order valence-electron chi connectivity index (χ0n) is 19.0. The molecule has 0 aliphatic carbocycles. The predicted molar refractivity (Wildman–Crippen MR) is 120 cm³/mol. The van der Waals surface area contributed by atoms with Crippen molar-refractivity contribution in [3.63, 3.8) is 0 Å². The summed E-state index contributed by atoms with van der Waals surface area (Å²) < 4.78 is 32.0. The predicted octanol–water partition coefficient (Wildman–Crippen LogP) is 0.687. The monoisotopic (exact) mass is 504 g/mol. The molecule has 2 aromatic carbocycles. The van der Waals surface area contributed by atoms with E-state index in [1.54, 1.807) is 0 Å². The zero-order chi connectivity index (χ0) is 26.0.